The fourth-order valence-electron chi connectivity index (χ4n) is 1.20. The number of azo groups is 1. The van der Waals surface area contributed by atoms with Crippen molar-refractivity contribution in [2.24, 2.45) is 10.2 Å². The van der Waals surface area contributed by atoms with Crippen molar-refractivity contribution in [3.8, 4) is 0 Å². The summed E-state index contributed by atoms with van der Waals surface area (Å²) in [7, 11) is 0. The maximum Gasteiger partial charge on any atom is 0.216 e. The number of hydrogen-bond donors (Lipinski definition) is 0. The molecule has 0 saturated heterocycles. The maximum absolute atomic E-state index is 5.14. The first kappa shape index (κ1) is 15.4. The van der Waals surface area contributed by atoms with E-state index in [1.807, 2.05) is 37.5 Å². The number of thiocarbonyl (C=S) groups is 2. The van der Waals surface area contributed by atoms with Crippen LogP contribution in [0.4, 0.5) is 0 Å². The van der Waals surface area contributed by atoms with Crippen molar-refractivity contribution in [2.45, 2.75) is 27.7 Å². The van der Waals surface area contributed by atoms with Crippen molar-refractivity contribution in [1.82, 2.24) is 9.80 Å². The maximum atomic E-state index is 5.14. The Balaban J connectivity index is 4.37. The Hall–Kier alpha value is -0.620. The average Bonchev–Trinajstić information content (AvgIpc) is 2.29. The molecule has 0 N–H and O–H groups in total. The SMILES string of the molecule is CCN(CC)C(=S)/N=N/C(=S)N(CC)CC. The van der Waals surface area contributed by atoms with Crippen LogP contribution in [0, 0.1) is 0 Å². The number of rotatable bonds is 4. The second kappa shape index (κ2) is 8.52. The van der Waals surface area contributed by atoms with Gasteiger partial charge in [-0.15, -0.1) is 10.2 Å². The van der Waals surface area contributed by atoms with Gasteiger partial charge >= 0.3 is 0 Å². The Kier molecular flexibility index (Phi) is 8.19. The summed E-state index contributed by atoms with van der Waals surface area (Å²) >= 11 is 10.3. The van der Waals surface area contributed by atoms with E-state index < -0.39 is 0 Å². The highest BCUT2D eigenvalue weighted by Gasteiger charge is 2.06. The molecular weight excluding hydrogens is 240 g/mol. The van der Waals surface area contributed by atoms with E-state index in [9.17, 15) is 0 Å². The molecule has 0 fully saturated rings. The van der Waals surface area contributed by atoms with E-state index in [-0.39, 0.29) is 0 Å². The van der Waals surface area contributed by atoms with Gasteiger partial charge in [-0.25, -0.2) is 0 Å². The number of hydrogen-bond acceptors (Lipinski definition) is 2. The topological polar surface area (TPSA) is 31.2 Å². The van der Waals surface area contributed by atoms with Gasteiger partial charge in [0.25, 0.3) is 0 Å². The lowest BCUT2D eigenvalue weighted by Crippen LogP contribution is -2.29. The summed E-state index contributed by atoms with van der Waals surface area (Å²) in [6, 6.07) is 0. The van der Waals surface area contributed by atoms with Crippen molar-refractivity contribution >= 4 is 34.7 Å². The molecule has 0 unspecified atom stereocenters. The van der Waals surface area contributed by atoms with Crippen molar-refractivity contribution < 1.29 is 0 Å². The smallest absolute Gasteiger partial charge is 0.216 e. The molecule has 0 saturated carbocycles. The van der Waals surface area contributed by atoms with E-state index in [1.165, 1.54) is 0 Å². The molecule has 6 heteroatoms. The van der Waals surface area contributed by atoms with Gasteiger partial charge in [0.15, 0.2) is 0 Å². The molecule has 0 aromatic rings. The molecule has 0 aromatic carbocycles. The van der Waals surface area contributed by atoms with Crippen LogP contribution in [0.2, 0.25) is 0 Å². The van der Waals surface area contributed by atoms with Crippen LogP contribution in [-0.4, -0.2) is 46.2 Å². The zero-order valence-electron chi connectivity index (χ0n) is 10.4. The molecule has 0 amide bonds. The van der Waals surface area contributed by atoms with Crippen LogP contribution in [-0.2, 0) is 0 Å². The quantitative estimate of drug-likeness (QED) is 0.574. The zero-order chi connectivity index (χ0) is 12.6. The first-order valence-electron chi connectivity index (χ1n) is 5.60. The molecule has 0 aromatic heterocycles. The molecule has 0 atom stereocenters. The normalized spacial score (nSPS) is 10.5. The first-order chi connectivity index (χ1) is 7.60. The fraction of sp³-hybridized carbons (Fsp3) is 0.800. The molecule has 0 radical (unpaired) electrons. The Morgan fingerprint density at radius 3 is 1.19 bits per heavy atom. The summed E-state index contributed by atoms with van der Waals surface area (Å²) in [4.78, 5) is 3.92. The fourth-order valence-corrected chi connectivity index (χ4v) is 1.80. The third-order valence-corrected chi connectivity index (χ3v) is 2.97. The Morgan fingerprint density at radius 2 is 1.00 bits per heavy atom. The first-order valence-corrected chi connectivity index (χ1v) is 6.41. The zero-order valence-corrected chi connectivity index (χ0v) is 12.1. The Morgan fingerprint density at radius 1 is 0.750 bits per heavy atom. The van der Waals surface area contributed by atoms with Crippen molar-refractivity contribution in [1.29, 1.82) is 0 Å². The molecule has 4 nitrogen and oxygen atoms in total. The molecular formula is C10H20N4S2. The summed E-state index contributed by atoms with van der Waals surface area (Å²) in [6.07, 6.45) is 0. The van der Waals surface area contributed by atoms with E-state index in [1.54, 1.807) is 0 Å². The third-order valence-electron chi connectivity index (χ3n) is 2.29. The molecule has 0 aliphatic carbocycles. The molecule has 0 heterocycles. The summed E-state index contributed by atoms with van der Waals surface area (Å²) in [5, 5.41) is 8.96. The van der Waals surface area contributed by atoms with E-state index >= 15 is 0 Å². The molecule has 0 aliphatic heterocycles. The Bertz CT molecular complexity index is 232. The molecule has 0 spiro atoms. The van der Waals surface area contributed by atoms with Crippen LogP contribution in [0.25, 0.3) is 0 Å². The van der Waals surface area contributed by atoms with Gasteiger partial charge < -0.3 is 9.80 Å². The molecule has 0 bridgehead atoms. The minimum absolute atomic E-state index is 0.500. The van der Waals surface area contributed by atoms with Crippen LogP contribution < -0.4 is 0 Å². The lowest BCUT2D eigenvalue weighted by atomic mass is 10.5. The van der Waals surface area contributed by atoms with Crippen LogP contribution in [0.5, 0.6) is 0 Å². The van der Waals surface area contributed by atoms with Crippen LogP contribution in [0.15, 0.2) is 10.2 Å². The highest BCUT2D eigenvalue weighted by Crippen LogP contribution is 1.98. The minimum Gasteiger partial charge on any atom is -0.347 e. The van der Waals surface area contributed by atoms with Crippen molar-refractivity contribution in [2.75, 3.05) is 26.2 Å². The third kappa shape index (κ3) is 4.94. The van der Waals surface area contributed by atoms with Gasteiger partial charge in [-0.1, -0.05) is 0 Å². The largest absolute Gasteiger partial charge is 0.347 e. The van der Waals surface area contributed by atoms with Gasteiger partial charge in [0.2, 0.25) is 10.2 Å². The highest BCUT2D eigenvalue weighted by atomic mass is 32.1. The van der Waals surface area contributed by atoms with Gasteiger partial charge in [-0.3, -0.25) is 0 Å². The summed E-state index contributed by atoms with van der Waals surface area (Å²) in [5.74, 6) is 0. The van der Waals surface area contributed by atoms with Crippen LogP contribution in [0.1, 0.15) is 27.7 Å². The van der Waals surface area contributed by atoms with Gasteiger partial charge in [-0.05, 0) is 52.1 Å². The molecule has 0 aliphatic rings. The van der Waals surface area contributed by atoms with Gasteiger partial charge in [0, 0.05) is 26.2 Å². The molecule has 16 heavy (non-hydrogen) atoms. The summed E-state index contributed by atoms with van der Waals surface area (Å²) < 4.78 is 0. The van der Waals surface area contributed by atoms with Gasteiger partial charge in [-0.2, -0.15) is 0 Å². The van der Waals surface area contributed by atoms with Crippen LogP contribution in [0.3, 0.4) is 0 Å². The molecule has 0 rings (SSSR count). The lowest BCUT2D eigenvalue weighted by Gasteiger charge is -2.19. The molecule has 92 valence electrons. The van der Waals surface area contributed by atoms with Crippen molar-refractivity contribution in [3.63, 3.8) is 0 Å². The predicted octanol–water partition coefficient (Wildman–Crippen LogP) is 2.69. The van der Waals surface area contributed by atoms with Crippen molar-refractivity contribution in [3.05, 3.63) is 0 Å². The van der Waals surface area contributed by atoms with E-state index in [0.717, 1.165) is 26.2 Å². The van der Waals surface area contributed by atoms with Crippen LogP contribution >= 0.6 is 24.4 Å². The monoisotopic (exact) mass is 260 g/mol. The number of nitrogens with zero attached hydrogens (tertiary/aromatic N) is 4. The van der Waals surface area contributed by atoms with E-state index in [4.69, 9.17) is 24.4 Å². The Labute approximate surface area is 109 Å². The predicted molar refractivity (Wildman–Crippen MR) is 75.9 cm³/mol. The van der Waals surface area contributed by atoms with Gasteiger partial charge in [0.05, 0.1) is 0 Å². The van der Waals surface area contributed by atoms with Gasteiger partial charge in [0.1, 0.15) is 0 Å². The van der Waals surface area contributed by atoms with E-state index in [2.05, 4.69) is 10.2 Å². The standard InChI is InChI=1S/C10H20N4S2/c1-5-13(6-2)9(15)11-12-10(16)14(7-3)8-4/h5-8H2,1-4H3/b12-11+. The minimum atomic E-state index is 0.500. The lowest BCUT2D eigenvalue weighted by molar-refractivity contribution is 0.460. The second-order valence-corrected chi connectivity index (χ2v) is 3.84. The van der Waals surface area contributed by atoms with E-state index in [0.29, 0.717) is 10.2 Å². The summed E-state index contributed by atoms with van der Waals surface area (Å²) in [6.45, 7) is 11.5. The second-order valence-electron chi connectivity index (χ2n) is 3.11. The average molecular weight is 260 g/mol. The highest BCUT2D eigenvalue weighted by molar-refractivity contribution is 7.80. The summed E-state index contributed by atoms with van der Waals surface area (Å²) in [5.41, 5.74) is 0.